The van der Waals surface area contributed by atoms with E-state index < -0.39 is 0 Å². The largest absolute Gasteiger partial charge is 0.276 e. The molecule has 0 amide bonds. The molecule has 0 spiro atoms. The van der Waals surface area contributed by atoms with Gasteiger partial charge >= 0.3 is 0 Å². The van der Waals surface area contributed by atoms with E-state index in [1.807, 2.05) is 17.9 Å². The highest BCUT2D eigenvalue weighted by molar-refractivity contribution is 6.20. The predicted molar refractivity (Wildman–Crippen MR) is 60.6 cm³/mol. The number of aromatic nitrogens is 2. The summed E-state index contributed by atoms with van der Waals surface area (Å²) in [4.78, 5) is 0. The summed E-state index contributed by atoms with van der Waals surface area (Å²) in [5.41, 5.74) is 1.14. The van der Waals surface area contributed by atoms with Gasteiger partial charge in [0, 0.05) is 18.6 Å². The molecule has 0 aliphatic carbocycles. The summed E-state index contributed by atoms with van der Waals surface area (Å²) in [5, 5.41) is 4.61. The van der Waals surface area contributed by atoms with Crippen LogP contribution in [0.5, 0.6) is 0 Å². The molecule has 1 unspecified atom stereocenters. The first-order chi connectivity index (χ1) is 6.58. The van der Waals surface area contributed by atoms with Gasteiger partial charge in [-0.2, -0.15) is 5.10 Å². The summed E-state index contributed by atoms with van der Waals surface area (Å²) >= 11 is 6.20. The molecule has 0 saturated heterocycles. The minimum absolute atomic E-state index is 0.289. The second kappa shape index (κ2) is 5.40. The third kappa shape index (κ3) is 4.14. The summed E-state index contributed by atoms with van der Waals surface area (Å²) in [7, 11) is 1.94. The Morgan fingerprint density at radius 3 is 2.71 bits per heavy atom. The van der Waals surface area contributed by atoms with E-state index in [4.69, 9.17) is 11.6 Å². The molecule has 1 aromatic heterocycles. The highest BCUT2D eigenvalue weighted by Crippen LogP contribution is 2.16. The molecule has 80 valence electrons. The van der Waals surface area contributed by atoms with E-state index in [-0.39, 0.29) is 5.38 Å². The molecule has 0 saturated carbocycles. The molecule has 0 bridgehead atoms. The Kier molecular flexibility index (Phi) is 4.46. The summed E-state index contributed by atoms with van der Waals surface area (Å²) < 4.78 is 1.83. The molecular formula is C11H19ClN2. The van der Waals surface area contributed by atoms with Gasteiger partial charge in [0.15, 0.2) is 0 Å². The van der Waals surface area contributed by atoms with Crippen molar-refractivity contribution in [3.05, 3.63) is 18.0 Å². The van der Waals surface area contributed by atoms with Gasteiger partial charge in [0.25, 0.3) is 0 Å². The standard InChI is InChI=1S/C11H19ClN2/c1-9(2)8-10(12)4-5-11-6-7-14(3)13-11/h6-7,9-10H,4-5,8H2,1-3H3. The summed E-state index contributed by atoms with van der Waals surface area (Å²) in [6, 6.07) is 2.05. The topological polar surface area (TPSA) is 17.8 Å². The number of aryl methyl sites for hydroxylation is 2. The van der Waals surface area contributed by atoms with Crippen LogP contribution >= 0.6 is 11.6 Å². The Morgan fingerprint density at radius 2 is 2.21 bits per heavy atom. The van der Waals surface area contributed by atoms with Crippen molar-refractivity contribution in [1.29, 1.82) is 0 Å². The fourth-order valence-electron chi connectivity index (χ4n) is 1.53. The third-order valence-corrected chi connectivity index (χ3v) is 2.61. The van der Waals surface area contributed by atoms with Gasteiger partial charge in [-0.1, -0.05) is 13.8 Å². The summed E-state index contributed by atoms with van der Waals surface area (Å²) in [6.45, 7) is 4.41. The molecule has 1 aromatic rings. The van der Waals surface area contributed by atoms with Crippen LogP contribution in [0.3, 0.4) is 0 Å². The Balaban J connectivity index is 2.26. The minimum atomic E-state index is 0.289. The number of rotatable bonds is 5. The van der Waals surface area contributed by atoms with Crippen molar-refractivity contribution in [3.63, 3.8) is 0 Å². The van der Waals surface area contributed by atoms with Crippen molar-refractivity contribution >= 4 is 11.6 Å². The van der Waals surface area contributed by atoms with E-state index >= 15 is 0 Å². The zero-order chi connectivity index (χ0) is 10.6. The lowest BCUT2D eigenvalue weighted by atomic mass is 10.0. The van der Waals surface area contributed by atoms with E-state index in [1.54, 1.807) is 0 Å². The molecule has 0 aliphatic rings. The van der Waals surface area contributed by atoms with Crippen LogP contribution in [0.15, 0.2) is 12.3 Å². The highest BCUT2D eigenvalue weighted by atomic mass is 35.5. The molecule has 0 aromatic carbocycles. The lowest BCUT2D eigenvalue weighted by Crippen LogP contribution is -2.05. The number of nitrogens with zero attached hydrogens (tertiary/aromatic N) is 2. The predicted octanol–water partition coefficient (Wildman–Crippen LogP) is 3.01. The van der Waals surface area contributed by atoms with Gasteiger partial charge in [0.05, 0.1) is 5.69 Å². The van der Waals surface area contributed by atoms with Crippen LogP contribution in [0.25, 0.3) is 0 Å². The summed E-state index contributed by atoms with van der Waals surface area (Å²) in [6.07, 6.45) is 5.08. The second-order valence-electron chi connectivity index (χ2n) is 4.25. The van der Waals surface area contributed by atoms with Crippen LogP contribution < -0.4 is 0 Å². The fraction of sp³-hybridized carbons (Fsp3) is 0.727. The maximum Gasteiger partial charge on any atom is 0.0625 e. The van der Waals surface area contributed by atoms with E-state index in [9.17, 15) is 0 Å². The molecule has 2 nitrogen and oxygen atoms in total. The van der Waals surface area contributed by atoms with Gasteiger partial charge in [-0.25, -0.2) is 0 Å². The Hall–Kier alpha value is -0.500. The van der Waals surface area contributed by atoms with Crippen LogP contribution in [-0.4, -0.2) is 15.2 Å². The van der Waals surface area contributed by atoms with Gasteiger partial charge in [0.2, 0.25) is 0 Å². The first-order valence-electron chi connectivity index (χ1n) is 5.20. The third-order valence-electron chi connectivity index (χ3n) is 2.21. The molecule has 3 heteroatoms. The van der Waals surface area contributed by atoms with Gasteiger partial charge in [-0.15, -0.1) is 11.6 Å². The SMILES string of the molecule is CC(C)CC(Cl)CCc1ccn(C)n1. The maximum atomic E-state index is 6.20. The zero-order valence-electron chi connectivity index (χ0n) is 9.20. The normalized spacial score (nSPS) is 13.5. The molecule has 1 atom stereocenters. The zero-order valence-corrected chi connectivity index (χ0v) is 9.96. The molecule has 0 aliphatic heterocycles. The molecular weight excluding hydrogens is 196 g/mol. The monoisotopic (exact) mass is 214 g/mol. The van der Waals surface area contributed by atoms with Gasteiger partial charge in [-0.05, 0) is 31.2 Å². The summed E-state index contributed by atoms with van der Waals surface area (Å²) in [5.74, 6) is 0.682. The first-order valence-corrected chi connectivity index (χ1v) is 5.64. The number of halogens is 1. The van der Waals surface area contributed by atoms with Crippen molar-refractivity contribution in [2.45, 2.75) is 38.5 Å². The lowest BCUT2D eigenvalue weighted by molar-refractivity contribution is 0.541. The van der Waals surface area contributed by atoms with E-state index in [0.717, 1.165) is 25.0 Å². The highest BCUT2D eigenvalue weighted by Gasteiger charge is 2.08. The van der Waals surface area contributed by atoms with Gasteiger partial charge < -0.3 is 0 Å². The maximum absolute atomic E-state index is 6.20. The Bertz CT molecular complexity index is 268. The van der Waals surface area contributed by atoms with E-state index in [1.165, 1.54) is 0 Å². The van der Waals surface area contributed by atoms with Crippen LogP contribution in [0.4, 0.5) is 0 Å². The molecule has 0 N–H and O–H groups in total. The Labute approximate surface area is 91.3 Å². The van der Waals surface area contributed by atoms with E-state index in [2.05, 4.69) is 25.0 Å². The van der Waals surface area contributed by atoms with Crippen LogP contribution in [0.2, 0.25) is 0 Å². The molecule has 0 radical (unpaired) electrons. The molecule has 1 rings (SSSR count). The molecule has 1 heterocycles. The van der Waals surface area contributed by atoms with Crippen molar-refractivity contribution in [1.82, 2.24) is 9.78 Å². The minimum Gasteiger partial charge on any atom is -0.276 e. The van der Waals surface area contributed by atoms with Crippen molar-refractivity contribution in [3.8, 4) is 0 Å². The van der Waals surface area contributed by atoms with Gasteiger partial charge in [0.1, 0.15) is 0 Å². The lowest BCUT2D eigenvalue weighted by Gasteiger charge is -2.10. The van der Waals surface area contributed by atoms with Crippen molar-refractivity contribution in [2.24, 2.45) is 13.0 Å². The second-order valence-corrected chi connectivity index (χ2v) is 4.86. The fourth-order valence-corrected chi connectivity index (χ4v) is 2.00. The number of hydrogen-bond donors (Lipinski definition) is 0. The Morgan fingerprint density at radius 1 is 1.50 bits per heavy atom. The average Bonchev–Trinajstić information content (AvgIpc) is 2.47. The first kappa shape index (κ1) is 11.6. The van der Waals surface area contributed by atoms with Crippen molar-refractivity contribution in [2.75, 3.05) is 0 Å². The van der Waals surface area contributed by atoms with Gasteiger partial charge in [-0.3, -0.25) is 4.68 Å². The number of hydrogen-bond acceptors (Lipinski definition) is 1. The molecule has 14 heavy (non-hydrogen) atoms. The van der Waals surface area contributed by atoms with E-state index in [0.29, 0.717) is 5.92 Å². The average molecular weight is 215 g/mol. The molecule has 0 fully saturated rings. The smallest absolute Gasteiger partial charge is 0.0625 e. The van der Waals surface area contributed by atoms with Crippen molar-refractivity contribution < 1.29 is 0 Å². The van der Waals surface area contributed by atoms with Crippen LogP contribution in [-0.2, 0) is 13.5 Å². The van der Waals surface area contributed by atoms with Crippen LogP contribution in [0, 0.1) is 5.92 Å². The quantitative estimate of drug-likeness (QED) is 0.690. The van der Waals surface area contributed by atoms with Crippen LogP contribution in [0.1, 0.15) is 32.4 Å². The number of alkyl halides is 1.